The van der Waals surface area contributed by atoms with Gasteiger partial charge in [0, 0.05) is 0 Å². The van der Waals surface area contributed by atoms with Crippen LogP contribution in [0.15, 0.2) is 0 Å². The fourth-order valence-corrected chi connectivity index (χ4v) is 0.259. The summed E-state index contributed by atoms with van der Waals surface area (Å²) in [6.07, 6.45) is -1.42. The molecule has 0 aliphatic carbocycles. The summed E-state index contributed by atoms with van der Waals surface area (Å²) in [7, 11) is 0. The van der Waals surface area contributed by atoms with Crippen LogP contribution in [0.1, 0.15) is 6.42 Å². The van der Waals surface area contributed by atoms with E-state index in [4.69, 9.17) is 20.5 Å². The summed E-state index contributed by atoms with van der Waals surface area (Å²) in [5.74, 6) is -1.97. The Balaban J connectivity index is 0. The number of primary amides is 1. The minimum Gasteiger partial charge on any atom is -0.481 e. The Morgan fingerprint density at radius 3 is 2.00 bits per heavy atom. The van der Waals surface area contributed by atoms with Crippen LogP contribution in [0.25, 0.3) is 5.53 Å². The monoisotopic (exact) mass is 189 g/mol. The average molecular weight is 189 g/mol. The second-order valence-electron chi connectivity index (χ2n) is 1.62. The van der Waals surface area contributed by atoms with Crippen LogP contribution >= 0.6 is 0 Å². The van der Waals surface area contributed by atoms with Gasteiger partial charge in [-0.15, -0.1) is 0 Å². The molecule has 0 saturated heterocycles. The molecule has 0 atom stereocenters. The van der Waals surface area contributed by atoms with E-state index in [0.29, 0.717) is 6.21 Å². The zero-order valence-corrected chi connectivity index (χ0v) is 6.38. The molecule has 0 rings (SSSR count). The molecular formula is C5H7N3O5. The second kappa shape index (κ2) is 7.89. The van der Waals surface area contributed by atoms with E-state index in [0.717, 1.165) is 0 Å². The van der Waals surface area contributed by atoms with Gasteiger partial charge >= 0.3 is 18.3 Å². The standard InChI is InChI=1S/C4H4N2O3.CH3NO2/c5-6-2-3(7)1-4(8)9;2-1(3)4/h2H,1H2,(H,8,9);2H2,(H,3,4). The van der Waals surface area contributed by atoms with Gasteiger partial charge in [-0.2, -0.15) is 4.79 Å². The van der Waals surface area contributed by atoms with Crippen molar-refractivity contribution in [2.45, 2.75) is 6.42 Å². The first-order valence-corrected chi connectivity index (χ1v) is 2.80. The number of nitrogens with zero attached hydrogens (tertiary/aromatic N) is 2. The van der Waals surface area contributed by atoms with Gasteiger partial charge in [-0.1, -0.05) is 0 Å². The number of nitrogens with two attached hydrogens (primary N) is 1. The molecule has 0 aromatic heterocycles. The predicted molar refractivity (Wildman–Crippen MR) is 39.2 cm³/mol. The van der Waals surface area contributed by atoms with E-state index < -0.39 is 24.3 Å². The maximum Gasteiger partial charge on any atom is 0.402 e. The average Bonchev–Trinajstić information content (AvgIpc) is 1.83. The van der Waals surface area contributed by atoms with Crippen molar-refractivity contribution in [1.29, 1.82) is 0 Å². The molecule has 0 heterocycles. The van der Waals surface area contributed by atoms with Crippen molar-refractivity contribution in [3.8, 4) is 0 Å². The first kappa shape index (κ1) is 13.4. The zero-order chi connectivity index (χ0) is 10.9. The smallest absolute Gasteiger partial charge is 0.402 e. The molecule has 0 spiro atoms. The maximum absolute atomic E-state index is 10.2. The van der Waals surface area contributed by atoms with E-state index in [9.17, 15) is 9.59 Å². The number of ketones is 1. The molecule has 0 bridgehead atoms. The third-order valence-corrected chi connectivity index (χ3v) is 0.527. The molecule has 0 fully saturated rings. The highest BCUT2D eigenvalue weighted by Crippen LogP contribution is 1.76. The fourth-order valence-electron chi connectivity index (χ4n) is 0.259. The Morgan fingerprint density at radius 1 is 1.38 bits per heavy atom. The molecular weight excluding hydrogens is 182 g/mol. The lowest BCUT2D eigenvalue weighted by molar-refractivity contribution is -0.139. The Kier molecular flexibility index (Phi) is 8.13. The third-order valence-electron chi connectivity index (χ3n) is 0.527. The highest BCUT2D eigenvalue weighted by molar-refractivity contribution is 6.29. The molecule has 0 radical (unpaired) electrons. The molecule has 4 N–H and O–H groups in total. The number of Topliss-reactive ketones (excluding diaryl/α,β-unsaturated/α-hetero) is 1. The molecule has 0 aliphatic rings. The third kappa shape index (κ3) is 25.9. The van der Waals surface area contributed by atoms with Crippen molar-refractivity contribution in [3.63, 3.8) is 0 Å². The summed E-state index contributed by atoms with van der Waals surface area (Å²) in [6, 6.07) is 0. The van der Waals surface area contributed by atoms with Crippen LogP contribution in [-0.2, 0) is 9.59 Å². The lowest BCUT2D eigenvalue weighted by Crippen LogP contribution is -2.07. The van der Waals surface area contributed by atoms with Gasteiger partial charge < -0.3 is 21.5 Å². The Hall–Kier alpha value is -2.21. The van der Waals surface area contributed by atoms with Crippen LogP contribution in [0.4, 0.5) is 4.79 Å². The van der Waals surface area contributed by atoms with Crippen LogP contribution in [0, 0.1) is 0 Å². The van der Waals surface area contributed by atoms with Gasteiger partial charge in [0.1, 0.15) is 6.42 Å². The molecule has 1 amide bonds. The topological polar surface area (TPSA) is 154 Å². The van der Waals surface area contributed by atoms with Gasteiger partial charge in [-0.05, 0) is 0 Å². The molecule has 8 heteroatoms. The van der Waals surface area contributed by atoms with Gasteiger partial charge in [0.15, 0.2) is 0 Å². The number of aliphatic carboxylic acids is 1. The van der Waals surface area contributed by atoms with Crippen molar-refractivity contribution in [2.75, 3.05) is 0 Å². The summed E-state index contributed by atoms with van der Waals surface area (Å²) in [5, 5.41) is 15.1. The lowest BCUT2D eigenvalue weighted by atomic mass is 10.3. The van der Waals surface area contributed by atoms with Crippen molar-refractivity contribution in [1.82, 2.24) is 0 Å². The molecule has 0 aromatic rings. The number of carboxylic acids is 1. The van der Waals surface area contributed by atoms with E-state index in [1.807, 2.05) is 0 Å². The SMILES string of the molecule is NC(=O)O.[N-]=[N+]=CC(=O)CC(=O)O. The van der Waals surface area contributed by atoms with Gasteiger partial charge in [0.25, 0.3) is 0 Å². The maximum atomic E-state index is 10.2. The first-order chi connectivity index (χ1) is 5.90. The summed E-state index contributed by atoms with van der Waals surface area (Å²) in [4.78, 5) is 31.0. The normalized spacial score (nSPS) is 7.08. The zero-order valence-electron chi connectivity index (χ0n) is 6.38. The summed E-state index contributed by atoms with van der Waals surface area (Å²) in [5.41, 5.74) is 11.7. The lowest BCUT2D eigenvalue weighted by Gasteiger charge is -1.78. The summed E-state index contributed by atoms with van der Waals surface area (Å²) < 4.78 is 0. The van der Waals surface area contributed by atoms with Crippen LogP contribution in [0.5, 0.6) is 0 Å². The molecule has 0 aliphatic heterocycles. The predicted octanol–water partition coefficient (Wildman–Crippen LogP) is -1.05. The summed E-state index contributed by atoms with van der Waals surface area (Å²) >= 11 is 0. The van der Waals surface area contributed by atoms with E-state index in [1.54, 1.807) is 0 Å². The molecule has 0 aromatic carbocycles. The quantitative estimate of drug-likeness (QED) is 0.223. The fraction of sp³-hybridized carbons (Fsp3) is 0.200. The van der Waals surface area contributed by atoms with E-state index in [1.165, 1.54) is 0 Å². The highest BCUT2D eigenvalue weighted by atomic mass is 16.4. The van der Waals surface area contributed by atoms with Crippen LogP contribution in [0.3, 0.4) is 0 Å². The van der Waals surface area contributed by atoms with E-state index >= 15 is 0 Å². The number of carboxylic acid groups (broad SMARTS) is 2. The number of hydrogen-bond donors (Lipinski definition) is 3. The molecule has 72 valence electrons. The van der Waals surface area contributed by atoms with Gasteiger partial charge in [-0.3, -0.25) is 9.59 Å². The van der Waals surface area contributed by atoms with Crippen molar-refractivity contribution < 1.29 is 29.4 Å². The van der Waals surface area contributed by atoms with E-state index in [2.05, 4.69) is 10.5 Å². The second-order valence-corrected chi connectivity index (χ2v) is 1.62. The summed E-state index contributed by atoms with van der Waals surface area (Å²) in [6.45, 7) is 0. The number of rotatable bonds is 3. The van der Waals surface area contributed by atoms with Gasteiger partial charge in [0.05, 0.1) is 0 Å². The molecule has 8 nitrogen and oxygen atoms in total. The minimum absolute atomic E-state index is 0.550. The Labute approximate surface area is 72.2 Å². The largest absolute Gasteiger partial charge is 0.481 e. The number of carbonyl (C=O) groups is 3. The molecule has 0 unspecified atom stereocenters. The molecule has 13 heavy (non-hydrogen) atoms. The van der Waals surface area contributed by atoms with Crippen LogP contribution in [-0.4, -0.2) is 39.1 Å². The van der Waals surface area contributed by atoms with Gasteiger partial charge in [-0.25, -0.2) is 4.79 Å². The number of carbonyl (C=O) groups excluding carboxylic acids is 1. The first-order valence-electron chi connectivity index (χ1n) is 2.80. The minimum atomic E-state index is -1.33. The highest BCUT2D eigenvalue weighted by Gasteiger charge is 2.07. The number of amides is 1. The Bertz CT molecular complexity index is 251. The van der Waals surface area contributed by atoms with Crippen molar-refractivity contribution in [2.24, 2.45) is 5.73 Å². The molecule has 0 saturated carbocycles. The van der Waals surface area contributed by atoms with Gasteiger partial charge in [0.2, 0.25) is 5.78 Å². The van der Waals surface area contributed by atoms with Crippen LogP contribution < -0.4 is 5.73 Å². The van der Waals surface area contributed by atoms with Crippen LogP contribution in [0.2, 0.25) is 0 Å². The van der Waals surface area contributed by atoms with Crippen molar-refractivity contribution >= 4 is 24.1 Å². The Morgan fingerprint density at radius 2 is 1.77 bits per heavy atom. The van der Waals surface area contributed by atoms with E-state index in [-0.39, 0.29) is 0 Å². The number of hydrogen-bond acceptors (Lipinski definition) is 3. The van der Waals surface area contributed by atoms with Crippen molar-refractivity contribution in [3.05, 3.63) is 5.53 Å².